The van der Waals surface area contributed by atoms with Gasteiger partial charge < -0.3 is 10.1 Å². The van der Waals surface area contributed by atoms with Crippen molar-refractivity contribution in [2.75, 3.05) is 6.61 Å². The first-order chi connectivity index (χ1) is 8.63. The molecule has 0 heterocycles. The summed E-state index contributed by atoms with van der Waals surface area (Å²) < 4.78 is 19.1. The number of hydrogen-bond donors (Lipinski definition) is 1. The van der Waals surface area contributed by atoms with Gasteiger partial charge >= 0.3 is 0 Å². The Labute approximate surface area is 109 Å². The lowest BCUT2D eigenvalue weighted by Gasteiger charge is -2.11. The molecule has 1 aliphatic carbocycles. The summed E-state index contributed by atoms with van der Waals surface area (Å²) >= 11 is 0. The van der Waals surface area contributed by atoms with Crippen molar-refractivity contribution in [2.24, 2.45) is 5.92 Å². The van der Waals surface area contributed by atoms with Crippen molar-refractivity contribution < 1.29 is 9.13 Å². The van der Waals surface area contributed by atoms with Gasteiger partial charge in [-0.3, -0.25) is 0 Å². The van der Waals surface area contributed by atoms with E-state index in [1.165, 1.54) is 18.9 Å². The normalized spacial score (nSPS) is 15.1. The van der Waals surface area contributed by atoms with Crippen LogP contribution in [0.2, 0.25) is 0 Å². The molecule has 1 saturated carbocycles. The van der Waals surface area contributed by atoms with Crippen molar-refractivity contribution in [3.05, 3.63) is 29.6 Å². The zero-order chi connectivity index (χ0) is 13.0. The minimum absolute atomic E-state index is 0.223. The van der Waals surface area contributed by atoms with E-state index in [1.54, 1.807) is 6.07 Å². The zero-order valence-electron chi connectivity index (χ0n) is 11.2. The molecule has 18 heavy (non-hydrogen) atoms. The number of benzene rings is 1. The Bertz CT molecular complexity index is 388. The molecule has 0 aromatic heterocycles. The molecule has 1 N–H and O–H groups in total. The first-order valence-corrected chi connectivity index (χ1v) is 6.79. The van der Waals surface area contributed by atoms with Crippen LogP contribution in [0.5, 0.6) is 5.75 Å². The van der Waals surface area contributed by atoms with Crippen molar-refractivity contribution in [2.45, 2.75) is 45.7 Å². The first kappa shape index (κ1) is 13.3. The SMILES string of the molecule is CC(C)NCc1cc(F)cc(OCCC2CC2)c1. The Balaban J connectivity index is 1.87. The summed E-state index contributed by atoms with van der Waals surface area (Å²) in [6.07, 6.45) is 3.75. The van der Waals surface area contributed by atoms with Crippen LogP contribution in [0, 0.1) is 11.7 Å². The largest absolute Gasteiger partial charge is 0.493 e. The molecule has 1 fully saturated rings. The summed E-state index contributed by atoms with van der Waals surface area (Å²) in [5.41, 5.74) is 0.935. The van der Waals surface area contributed by atoms with Crippen LogP contribution in [0.25, 0.3) is 0 Å². The van der Waals surface area contributed by atoms with Gasteiger partial charge in [-0.05, 0) is 30.0 Å². The second-order valence-corrected chi connectivity index (χ2v) is 5.41. The summed E-state index contributed by atoms with van der Waals surface area (Å²) in [7, 11) is 0. The second kappa shape index (κ2) is 6.19. The van der Waals surface area contributed by atoms with Gasteiger partial charge in [0.05, 0.1) is 6.61 Å². The zero-order valence-corrected chi connectivity index (χ0v) is 11.2. The minimum atomic E-state index is -0.223. The van der Waals surface area contributed by atoms with Crippen LogP contribution in [-0.4, -0.2) is 12.6 Å². The van der Waals surface area contributed by atoms with Crippen LogP contribution < -0.4 is 10.1 Å². The first-order valence-electron chi connectivity index (χ1n) is 6.79. The fraction of sp³-hybridized carbons (Fsp3) is 0.600. The monoisotopic (exact) mass is 251 g/mol. The maximum absolute atomic E-state index is 13.4. The Kier molecular flexibility index (Phi) is 4.59. The number of ether oxygens (including phenoxy) is 1. The highest BCUT2D eigenvalue weighted by atomic mass is 19.1. The van der Waals surface area contributed by atoms with Gasteiger partial charge in [0.1, 0.15) is 11.6 Å². The maximum Gasteiger partial charge on any atom is 0.127 e. The van der Waals surface area contributed by atoms with Crippen molar-refractivity contribution in [1.82, 2.24) is 5.32 Å². The Morgan fingerprint density at radius 3 is 2.78 bits per heavy atom. The van der Waals surface area contributed by atoms with E-state index in [2.05, 4.69) is 19.2 Å². The fourth-order valence-corrected chi connectivity index (χ4v) is 1.88. The van der Waals surface area contributed by atoms with Crippen LogP contribution in [0.3, 0.4) is 0 Å². The Morgan fingerprint density at radius 1 is 1.33 bits per heavy atom. The average Bonchev–Trinajstić information content (AvgIpc) is 3.10. The smallest absolute Gasteiger partial charge is 0.127 e. The van der Waals surface area contributed by atoms with Crippen molar-refractivity contribution in [3.8, 4) is 5.75 Å². The number of halogens is 1. The summed E-state index contributed by atoms with van der Waals surface area (Å²) in [5, 5.41) is 3.28. The molecule has 1 aromatic rings. The standard InChI is InChI=1S/C15H22FNO/c1-11(2)17-10-13-7-14(16)9-15(8-13)18-6-5-12-3-4-12/h7-9,11-12,17H,3-6,10H2,1-2H3. The molecule has 0 atom stereocenters. The third-order valence-electron chi connectivity index (χ3n) is 3.14. The van der Waals surface area contributed by atoms with E-state index in [9.17, 15) is 4.39 Å². The lowest BCUT2D eigenvalue weighted by atomic mass is 10.2. The molecule has 1 aliphatic rings. The molecule has 100 valence electrons. The van der Waals surface area contributed by atoms with Crippen LogP contribution in [0.4, 0.5) is 4.39 Å². The summed E-state index contributed by atoms with van der Waals surface area (Å²) in [5.74, 6) is 1.27. The van der Waals surface area contributed by atoms with Gasteiger partial charge in [-0.2, -0.15) is 0 Å². The van der Waals surface area contributed by atoms with Gasteiger partial charge in [0, 0.05) is 18.7 Å². The van der Waals surface area contributed by atoms with Crippen LogP contribution >= 0.6 is 0 Å². The fourth-order valence-electron chi connectivity index (χ4n) is 1.88. The predicted octanol–water partition coefficient (Wildman–Crippen LogP) is 3.50. The van der Waals surface area contributed by atoms with E-state index in [1.807, 2.05) is 6.07 Å². The third kappa shape index (κ3) is 4.65. The van der Waals surface area contributed by atoms with E-state index in [0.29, 0.717) is 24.9 Å². The summed E-state index contributed by atoms with van der Waals surface area (Å²) in [4.78, 5) is 0. The van der Waals surface area contributed by atoms with Crippen LogP contribution in [0.1, 0.15) is 38.7 Å². The number of hydrogen-bond acceptors (Lipinski definition) is 2. The molecular weight excluding hydrogens is 229 g/mol. The van der Waals surface area contributed by atoms with Gasteiger partial charge in [0.25, 0.3) is 0 Å². The molecule has 1 aromatic carbocycles. The molecule has 0 amide bonds. The molecule has 0 bridgehead atoms. The Hall–Kier alpha value is -1.09. The predicted molar refractivity (Wildman–Crippen MR) is 71.2 cm³/mol. The number of nitrogens with one attached hydrogen (secondary N) is 1. The lowest BCUT2D eigenvalue weighted by Crippen LogP contribution is -2.21. The second-order valence-electron chi connectivity index (χ2n) is 5.41. The molecule has 3 heteroatoms. The number of rotatable bonds is 7. The summed E-state index contributed by atoms with van der Waals surface area (Å²) in [6.45, 7) is 5.53. The molecule has 0 radical (unpaired) electrons. The molecule has 2 rings (SSSR count). The van der Waals surface area contributed by atoms with Gasteiger partial charge in [0.2, 0.25) is 0 Å². The Morgan fingerprint density at radius 2 is 2.11 bits per heavy atom. The molecule has 0 unspecified atom stereocenters. The lowest BCUT2D eigenvalue weighted by molar-refractivity contribution is 0.300. The van der Waals surface area contributed by atoms with E-state index >= 15 is 0 Å². The molecular formula is C15H22FNO. The van der Waals surface area contributed by atoms with Crippen molar-refractivity contribution in [1.29, 1.82) is 0 Å². The summed E-state index contributed by atoms with van der Waals surface area (Å²) in [6, 6.07) is 5.34. The van der Waals surface area contributed by atoms with E-state index in [0.717, 1.165) is 17.9 Å². The van der Waals surface area contributed by atoms with Crippen LogP contribution in [-0.2, 0) is 6.54 Å². The van der Waals surface area contributed by atoms with Crippen LogP contribution in [0.15, 0.2) is 18.2 Å². The van der Waals surface area contributed by atoms with Gasteiger partial charge in [-0.1, -0.05) is 26.7 Å². The average molecular weight is 251 g/mol. The third-order valence-corrected chi connectivity index (χ3v) is 3.14. The highest BCUT2D eigenvalue weighted by Gasteiger charge is 2.20. The molecule has 2 nitrogen and oxygen atoms in total. The van der Waals surface area contributed by atoms with Gasteiger partial charge in [0.15, 0.2) is 0 Å². The van der Waals surface area contributed by atoms with E-state index in [-0.39, 0.29) is 5.82 Å². The minimum Gasteiger partial charge on any atom is -0.493 e. The van der Waals surface area contributed by atoms with Gasteiger partial charge in [-0.25, -0.2) is 4.39 Å². The van der Waals surface area contributed by atoms with E-state index in [4.69, 9.17) is 4.74 Å². The molecule has 0 spiro atoms. The highest BCUT2D eigenvalue weighted by Crippen LogP contribution is 2.32. The van der Waals surface area contributed by atoms with Gasteiger partial charge in [-0.15, -0.1) is 0 Å². The van der Waals surface area contributed by atoms with Crippen molar-refractivity contribution >= 4 is 0 Å². The maximum atomic E-state index is 13.4. The molecule has 0 aliphatic heterocycles. The topological polar surface area (TPSA) is 21.3 Å². The van der Waals surface area contributed by atoms with Crippen molar-refractivity contribution in [3.63, 3.8) is 0 Å². The quantitative estimate of drug-likeness (QED) is 0.800. The highest BCUT2D eigenvalue weighted by molar-refractivity contribution is 5.29. The molecule has 0 saturated heterocycles. The van der Waals surface area contributed by atoms with E-state index < -0.39 is 0 Å².